The summed E-state index contributed by atoms with van der Waals surface area (Å²) < 4.78 is 0. The van der Waals surface area contributed by atoms with Gasteiger partial charge in [-0.2, -0.15) is 0 Å². The third-order valence-electron chi connectivity index (χ3n) is 2.89. The first-order valence-electron chi connectivity index (χ1n) is 4.37. The minimum Gasteiger partial charge on any atom is -0.332 e. The van der Waals surface area contributed by atoms with Gasteiger partial charge in [0.05, 0.1) is 12.1 Å². The summed E-state index contributed by atoms with van der Waals surface area (Å²) >= 11 is 3.61. The van der Waals surface area contributed by atoms with Crippen LogP contribution in [0.25, 0.3) is 0 Å². The minimum atomic E-state index is 0.0800. The molecular weight excluding hydrogens is 220 g/mol. The average molecular weight is 233 g/mol. The van der Waals surface area contributed by atoms with E-state index in [4.69, 9.17) is 0 Å². The van der Waals surface area contributed by atoms with Gasteiger partial charge < -0.3 is 10.2 Å². The van der Waals surface area contributed by atoms with Gasteiger partial charge in [-0.3, -0.25) is 0 Å². The maximum Gasteiger partial charge on any atom is 0.317 e. The van der Waals surface area contributed by atoms with Crippen molar-refractivity contribution in [1.82, 2.24) is 10.2 Å². The number of rotatable bonds is 0. The second kappa shape index (κ2) is 2.91. The number of nitrogens with zero attached hydrogens (tertiary/aromatic N) is 1. The highest BCUT2D eigenvalue weighted by atomic mass is 79.9. The number of carbonyl (C=O) groups is 1. The Balaban J connectivity index is 2.16. The van der Waals surface area contributed by atoms with E-state index in [0.717, 1.165) is 6.42 Å². The van der Waals surface area contributed by atoms with Crippen molar-refractivity contribution < 1.29 is 4.79 Å². The van der Waals surface area contributed by atoms with Crippen LogP contribution in [-0.2, 0) is 0 Å². The monoisotopic (exact) mass is 232 g/mol. The zero-order chi connectivity index (χ0) is 8.72. The van der Waals surface area contributed by atoms with Crippen molar-refractivity contribution in [1.29, 1.82) is 0 Å². The first-order valence-corrected chi connectivity index (χ1v) is 5.29. The van der Waals surface area contributed by atoms with Gasteiger partial charge in [0, 0.05) is 11.9 Å². The summed E-state index contributed by atoms with van der Waals surface area (Å²) in [7, 11) is 1.88. The van der Waals surface area contributed by atoms with Gasteiger partial charge in [0.1, 0.15) is 0 Å². The summed E-state index contributed by atoms with van der Waals surface area (Å²) in [5.74, 6) is 0. The van der Waals surface area contributed by atoms with E-state index >= 15 is 0 Å². The molecule has 0 bridgehead atoms. The fraction of sp³-hybridized carbons (Fsp3) is 0.875. The summed E-state index contributed by atoms with van der Waals surface area (Å²) in [5.41, 5.74) is 0. The van der Waals surface area contributed by atoms with E-state index in [1.807, 2.05) is 11.9 Å². The first kappa shape index (κ1) is 8.35. The zero-order valence-corrected chi connectivity index (χ0v) is 8.67. The number of likely N-dealkylation sites (N-methyl/N-ethyl adjacent to an activating group) is 1. The molecule has 1 heterocycles. The van der Waals surface area contributed by atoms with Crippen molar-refractivity contribution >= 4 is 22.0 Å². The van der Waals surface area contributed by atoms with Crippen LogP contribution in [0, 0.1) is 0 Å². The molecule has 0 radical (unpaired) electrons. The molecule has 3 nitrogen and oxygen atoms in total. The molecule has 0 spiro atoms. The van der Waals surface area contributed by atoms with Gasteiger partial charge >= 0.3 is 6.03 Å². The van der Waals surface area contributed by atoms with Gasteiger partial charge in [-0.25, -0.2) is 4.79 Å². The van der Waals surface area contributed by atoms with Gasteiger partial charge in [0.25, 0.3) is 0 Å². The van der Waals surface area contributed by atoms with Crippen molar-refractivity contribution in [3.8, 4) is 0 Å². The fourth-order valence-electron chi connectivity index (χ4n) is 2.14. The number of urea groups is 1. The number of carbonyl (C=O) groups excluding carboxylic acids is 1. The molecule has 3 atom stereocenters. The Morgan fingerprint density at radius 2 is 2.33 bits per heavy atom. The van der Waals surface area contributed by atoms with Crippen LogP contribution in [0.2, 0.25) is 0 Å². The highest BCUT2D eigenvalue weighted by Gasteiger charge is 2.42. The van der Waals surface area contributed by atoms with Gasteiger partial charge in [-0.1, -0.05) is 22.4 Å². The standard InChI is InChI=1S/C8H13BrN2O/c1-11-6-4-2-3-5(9)7(6)10-8(11)12/h5-7H,2-4H2,1H3,(H,10,12). The van der Waals surface area contributed by atoms with Crippen LogP contribution >= 0.6 is 15.9 Å². The molecule has 1 aliphatic carbocycles. The van der Waals surface area contributed by atoms with Gasteiger partial charge in [-0.05, 0) is 12.8 Å². The molecule has 0 aromatic carbocycles. The van der Waals surface area contributed by atoms with E-state index in [1.165, 1.54) is 12.8 Å². The molecule has 0 aromatic rings. The van der Waals surface area contributed by atoms with E-state index in [2.05, 4.69) is 21.2 Å². The normalized spacial score (nSPS) is 41.0. The molecule has 2 fully saturated rings. The summed E-state index contributed by atoms with van der Waals surface area (Å²) in [5, 5.41) is 3.00. The number of amides is 2. The lowest BCUT2D eigenvalue weighted by Gasteiger charge is -2.31. The SMILES string of the molecule is CN1C(=O)NC2C(Br)CCCC21. The Bertz CT molecular complexity index is 209. The smallest absolute Gasteiger partial charge is 0.317 e. The van der Waals surface area contributed by atoms with Crippen LogP contribution in [-0.4, -0.2) is 34.9 Å². The average Bonchev–Trinajstić information content (AvgIpc) is 2.32. The van der Waals surface area contributed by atoms with Crippen LogP contribution in [0.4, 0.5) is 4.79 Å². The molecule has 1 saturated carbocycles. The van der Waals surface area contributed by atoms with Crippen LogP contribution in [0.1, 0.15) is 19.3 Å². The summed E-state index contributed by atoms with van der Waals surface area (Å²) in [4.78, 5) is 13.6. The lowest BCUT2D eigenvalue weighted by atomic mass is 9.91. The van der Waals surface area contributed by atoms with Crippen LogP contribution < -0.4 is 5.32 Å². The topological polar surface area (TPSA) is 32.3 Å². The van der Waals surface area contributed by atoms with Crippen molar-refractivity contribution in [2.75, 3.05) is 7.05 Å². The van der Waals surface area contributed by atoms with E-state index < -0.39 is 0 Å². The van der Waals surface area contributed by atoms with E-state index in [9.17, 15) is 4.79 Å². The summed E-state index contributed by atoms with van der Waals surface area (Å²) in [6, 6.07) is 0.822. The third-order valence-corrected chi connectivity index (χ3v) is 3.92. The number of fused-ring (bicyclic) bond motifs is 1. The quantitative estimate of drug-likeness (QED) is 0.629. The van der Waals surface area contributed by atoms with Gasteiger partial charge in [-0.15, -0.1) is 0 Å². The van der Waals surface area contributed by atoms with E-state index in [1.54, 1.807) is 0 Å². The highest BCUT2D eigenvalue weighted by molar-refractivity contribution is 9.09. The molecule has 1 saturated heterocycles. The molecule has 2 aliphatic rings. The fourth-order valence-corrected chi connectivity index (χ4v) is 2.95. The molecule has 2 rings (SSSR count). The van der Waals surface area contributed by atoms with Crippen LogP contribution in [0.15, 0.2) is 0 Å². The number of hydrogen-bond donors (Lipinski definition) is 1. The van der Waals surface area contributed by atoms with Gasteiger partial charge in [0.15, 0.2) is 0 Å². The van der Waals surface area contributed by atoms with Gasteiger partial charge in [0.2, 0.25) is 0 Å². The molecule has 3 unspecified atom stereocenters. The number of nitrogens with one attached hydrogen (secondary N) is 1. The molecule has 1 N–H and O–H groups in total. The summed E-state index contributed by atoms with van der Waals surface area (Å²) in [6.07, 6.45) is 3.54. The lowest BCUT2D eigenvalue weighted by Crippen LogP contribution is -2.44. The molecule has 4 heteroatoms. The van der Waals surface area contributed by atoms with Crippen molar-refractivity contribution in [2.24, 2.45) is 0 Å². The molecule has 68 valence electrons. The Hall–Kier alpha value is -0.250. The Kier molecular flexibility index (Phi) is 2.02. The molecule has 12 heavy (non-hydrogen) atoms. The van der Waals surface area contributed by atoms with Crippen LogP contribution in [0.5, 0.6) is 0 Å². The van der Waals surface area contributed by atoms with E-state index in [-0.39, 0.29) is 6.03 Å². The molecular formula is C8H13BrN2O. The largest absolute Gasteiger partial charge is 0.332 e. The van der Waals surface area contributed by atoms with Crippen molar-refractivity contribution in [2.45, 2.75) is 36.2 Å². The third kappa shape index (κ3) is 1.13. The number of alkyl halides is 1. The Morgan fingerprint density at radius 1 is 1.58 bits per heavy atom. The number of halogens is 1. The zero-order valence-electron chi connectivity index (χ0n) is 7.09. The van der Waals surface area contributed by atoms with Crippen molar-refractivity contribution in [3.63, 3.8) is 0 Å². The Morgan fingerprint density at radius 3 is 3.00 bits per heavy atom. The van der Waals surface area contributed by atoms with E-state index in [0.29, 0.717) is 16.9 Å². The first-order chi connectivity index (χ1) is 5.70. The summed E-state index contributed by atoms with van der Waals surface area (Å²) in [6.45, 7) is 0. The number of hydrogen-bond acceptors (Lipinski definition) is 1. The molecule has 2 amide bonds. The maximum absolute atomic E-state index is 11.3. The highest BCUT2D eigenvalue weighted by Crippen LogP contribution is 2.31. The molecule has 0 aromatic heterocycles. The predicted octanol–water partition coefficient (Wildman–Crippen LogP) is 1.33. The maximum atomic E-state index is 11.3. The van der Waals surface area contributed by atoms with Crippen molar-refractivity contribution in [3.05, 3.63) is 0 Å². The second-order valence-corrected chi connectivity index (χ2v) is 4.78. The van der Waals surface area contributed by atoms with Crippen LogP contribution in [0.3, 0.4) is 0 Å². The predicted molar refractivity (Wildman–Crippen MR) is 50.4 cm³/mol. The second-order valence-electron chi connectivity index (χ2n) is 3.60. The lowest BCUT2D eigenvalue weighted by molar-refractivity contribution is 0.209. The molecule has 1 aliphatic heterocycles. The minimum absolute atomic E-state index is 0.0800. The Labute approximate surface area is 80.6 Å².